The molecule has 2 aromatic rings. The predicted molar refractivity (Wildman–Crippen MR) is 93.4 cm³/mol. The molecule has 0 radical (unpaired) electrons. The Morgan fingerprint density at radius 3 is 2.40 bits per heavy atom. The molecule has 4 rings (SSSR count). The van der Waals surface area contributed by atoms with E-state index in [4.69, 9.17) is 23.2 Å². The summed E-state index contributed by atoms with van der Waals surface area (Å²) in [6.07, 6.45) is 0. The van der Waals surface area contributed by atoms with Crippen LogP contribution in [-0.4, -0.2) is 28.9 Å². The highest BCUT2D eigenvalue weighted by Crippen LogP contribution is 2.33. The topological polar surface area (TPSA) is 65.3 Å². The van der Waals surface area contributed by atoms with E-state index in [2.05, 4.69) is 10.3 Å². The number of benzene rings is 2. The highest BCUT2D eigenvalue weighted by atomic mass is 35.5. The van der Waals surface area contributed by atoms with Crippen LogP contribution < -0.4 is 4.90 Å². The Kier molecular flexibility index (Phi) is 3.94. The van der Waals surface area contributed by atoms with E-state index in [1.54, 1.807) is 30.3 Å². The van der Waals surface area contributed by atoms with Gasteiger partial charge in [-0.3, -0.25) is 14.6 Å². The van der Waals surface area contributed by atoms with Crippen LogP contribution in [0.15, 0.2) is 58.9 Å². The van der Waals surface area contributed by atoms with Crippen molar-refractivity contribution >= 4 is 40.7 Å². The first-order valence-electron chi connectivity index (χ1n) is 7.60. The van der Waals surface area contributed by atoms with E-state index < -0.39 is 12.1 Å². The van der Waals surface area contributed by atoms with E-state index >= 15 is 0 Å². The number of anilines is 1. The average Bonchev–Trinajstić information content (AvgIpc) is 3.12. The number of halogens is 2. The van der Waals surface area contributed by atoms with Gasteiger partial charge in [0.2, 0.25) is 0 Å². The van der Waals surface area contributed by atoms with E-state index in [-0.39, 0.29) is 11.8 Å². The first-order valence-corrected chi connectivity index (χ1v) is 8.36. The van der Waals surface area contributed by atoms with Crippen molar-refractivity contribution in [2.45, 2.75) is 18.6 Å². The maximum absolute atomic E-state index is 12.8. The normalized spacial score (nSPS) is 22.0. The molecule has 0 aliphatic carbocycles. The summed E-state index contributed by atoms with van der Waals surface area (Å²) in [6, 6.07) is 12.3. The number of fused-ring (bicyclic) bond motifs is 1. The number of carbonyl (C=O) groups is 2. The van der Waals surface area contributed by atoms with Crippen LogP contribution in [-0.2, 0) is 16.1 Å². The molecule has 2 aliphatic heterocycles. The van der Waals surface area contributed by atoms with E-state index in [0.717, 1.165) is 10.5 Å². The largest absolute Gasteiger partial charge is 0.271 e. The van der Waals surface area contributed by atoms with Gasteiger partial charge in [0, 0.05) is 10.0 Å². The number of rotatable bonds is 3. The van der Waals surface area contributed by atoms with Gasteiger partial charge < -0.3 is 0 Å². The number of hydrogen-bond donors (Lipinski definition) is 0. The summed E-state index contributed by atoms with van der Waals surface area (Å²) in [5.41, 5.74) is 1.29. The van der Waals surface area contributed by atoms with Crippen LogP contribution >= 0.6 is 23.2 Å². The van der Waals surface area contributed by atoms with Gasteiger partial charge in [-0.1, -0.05) is 46.6 Å². The van der Waals surface area contributed by atoms with Crippen molar-refractivity contribution in [2.75, 3.05) is 4.90 Å². The summed E-state index contributed by atoms with van der Waals surface area (Å²) >= 11 is 12.0. The smallest absolute Gasteiger partial charge is 0.263 e. The van der Waals surface area contributed by atoms with Gasteiger partial charge in [-0.15, -0.1) is 0 Å². The van der Waals surface area contributed by atoms with Gasteiger partial charge in [0.15, 0.2) is 12.1 Å². The third kappa shape index (κ3) is 2.67. The lowest BCUT2D eigenvalue weighted by molar-refractivity contribution is -0.123. The zero-order valence-corrected chi connectivity index (χ0v) is 14.4. The second-order valence-electron chi connectivity index (χ2n) is 5.77. The minimum Gasteiger partial charge on any atom is -0.271 e. The highest BCUT2D eigenvalue weighted by Gasteiger charge is 2.54. The van der Waals surface area contributed by atoms with Crippen LogP contribution in [0.1, 0.15) is 5.56 Å². The second kappa shape index (κ2) is 6.13. The van der Waals surface area contributed by atoms with Crippen molar-refractivity contribution in [3.05, 3.63) is 64.1 Å². The number of imide groups is 1. The molecule has 1 fully saturated rings. The minimum absolute atomic E-state index is 0.303. The summed E-state index contributed by atoms with van der Waals surface area (Å²) in [7, 11) is 0. The fraction of sp³-hybridized carbons (Fsp3) is 0.176. The Balaban J connectivity index is 1.62. The zero-order valence-electron chi connectivity index (χ0n) is 12.8. The first-order chi connectivity index (χ1) is 12.1. The van der Waals surface area contributed by atoms with Crippen LogP contribution in [0.2, 0.25) is 10.0 Å². The maximum Gasteiger partial charge on any atom is 0.263 e. The molecule has 1 saturated heterocycles. The predicted octanol–water partition coefficient (Wildman–Crippen LogP) is 3.49. The van der Waals surface area contributed by atoms with Crippen molar-refractivity contribution in [1.82, 2.24) is 5.01 Å². The molecule has 2 atom stereocenters. The van der Waals surface area contributed by atoms with Crippen molar-refractivity contribution in [3.8, 4) is 0 Å². The number of nitrogens with zero attached hydrogens (tertiary/aromatic N) is 4. The van der Waals surface area contributed by atoms with Crippen molar-refractivity contribution in [2.24, 2.45) is 10.3 Å². The molecular formula is C17H12Cl2N4O2. The summed E-state index contributed by atoms with van der Waals surface area (Å²) in [5.74, 6) is -0.739. The molecule has 2 amide bonds. The Hall–Kier alpha value is -2.44. The van der Waals surface area contributed by atoms with Gasteiger partial charge in [-0.25, -0.2) is 4.90 Å². The van der Waals surface area contributed by atoms with Crippen LogP contribution in [0.25, 0.3) is 0 Å². The monoisotopic (exact) mass is 374 g/mol. The molecular weight excluding hydrogens is 363 g/mol. The van der Waals surface area contributed by atoms with Crippen LogP contribution in [0.3, 0.4) is 0 Å². The highest BCUT2D eigenvalue weighted by molar-refractivity contribution is 6.31. The molecule has 126 valence electrons. The van der Waals surface area contributed by atoms with Gasteiger partial charge in [0.1, 0.15) is 0 Å². The molecule has 0 N–H and O–H groups in total. The summed E-state index contributed by atoms with van der Waals surface area (Å²) < 4.78 is 0. The molecule has 25 heavy (non-hydrogen) atoms. The van der Waals surface area contributed by atoms with E-state index in [0.29, 0.717) is 22.3 Å². The molecule has 0 unspecified atom stereocenters. The van der Waals surface area contributed by atoms with Gasteiger partial charge in [-0.2, -0.15) is 5.11 Å². The third-order valence-electron chi connectivity index (χ3n) is 4.23. The second-order valence-corrected chi connectivity index (χ2v) is 6.62. The number of amides is 2. The zero-order chi connectivity index (χ0) is 17.6. The third-order valence-corrected chi connectivity index (χ3v) is 4.85. The van der Waals surface area contributed by atoms with Gasteiger partial charge in [0.25, 0.3) is 11.8 Å². The van der Waals surface area contributed by atoms with Gasteiger partial charge >= 0.3 is 0 Å². The molecule has 2 aromatic carbocycles. The quantitative estimate of drug-likeness (QED) is 0.772. The van der Waals surface area contributed by atoms with Gasteiger partial charge in [0.05, 0.1) is 12.2 Å². The first kappa shape index (κ1) is 16.1. The van der Waals surface area contributed by atoms with Gasteiger partial charge in [-0.05, 0) is 35.9 Å². The van der Waals surface area contributed by atoms with Crippen molar-refractivity contribution in [1.29, 1.82) is 0 Å². The van der Waals surface area contributed by atoms with Crippen LogP contribution in [0.4, 0.5) is 5.69 Å². The van der Waals surface area contributed by atoms with Crippen LogP contribution in [0.5, 0.6) is 0 Å². The average molecular weight is 375 g/mol. The molecule has 0 aromatic heterocycles. The van der Waals surface area contributed by atoms with E-state index in [9.17, 15) is 9.59 Å². The van der Waals surface area contributed by atoms with E-state index in [1.165, 1.54) is 5.01 Å². The lowest BCUT2D eigenvalue weighted by Gasteiger charge is -2.21. The number of hydrogen-bond acceptors (Lipinski definition) is 5. The minimum atomic E-state index is -0.828. The standard InChI is InChI=1S/C17H12Cl2N4O2/c18-11-5-7-12(8-6-11)23-16(24)14-15(17(23)25)22(21-20-14)9-10-3-1-2-4-13(10)19/h1-8,14-15H,9H2/t14-,15+/m1/s1. The Morgan fingerprint density at radius 2 is 1.68 bits per heavy atom. The molecule has 2 aliphatic rings. The molecule has 0 spiro atoms. The van der Waals surface area contributed by atoms with Crippen molar-refractivity contribution in [3.63, 3.8) is 0 Å². The lowest BCUT2D eigenvalue weighted by atomic mass is 10.1. The van der Waals surface area contributed by atoms with Crippen molar-refractivity contribution < 1.29 is 9.59 Å². The van der Waals surface area contributed by atoms with Crippen LogP contribution in [0, 0.1) is 0 Å². The summed E-state index contributed by atoms with van der Waals surface area (Å²) in [6.45, 7) is 0.303. The van der Waals surface area contributed by atoms with E-state index in [1.807, 2.05) is 18.2 Å². The molecule has 2 heterocycles. The summed E-state index contributed by atoms with van der Waals surface area (Å²) in [4.78, 5) is 26.6. The fourth-order valence-electron chi connectivity index (χ4n) is 3.00. The fourth-order valence-corrected chi connectivity index (χ4v) is 3.32. The number of carbonyl (C=O) groups excluding carboxylic acids is 2. The Morgan fingerprint density at radius 1 is 0.960 bits per heavy atom. The Bertz CT molecular complexity index is 884. The molecule has 0 bridgehead atoms. The molecule has 6 nitrogen and oxygen atoms in total. The summed E-state index contributed by atoms with van der Waals surface area (Å²) in [5, 5.41) is 10.6. The molecule has 0 saturated carbocycles. The SMILES string of the molecule is O=C1[C@@H]2[C@@H](N=NN2Cc2ccccc2Cl)C(=O)N1c1ccc(Cl)cc1. The molecule has 8 heteroatoms. The maximum atomic E-state index is 12.8. The Labute approximate surface area is 153 Å². The lowest BCUT2D eigenvalue weighted by Crippen LogP contribution is -2.39.